The summed E-state index contributed by atoms with van der Waals surface area (Å²) in [5.41, 5.74) is -0.296. The summed E-state index contributed by atoms with van der Waals surface area (Å²) >= 11 is 5.86. The number of sulfonamides is 1. The predicted molar refractivity (Wildman–Crippen MR) is 77.4 cm³/mol. The molecule has 0 saturated heterocycles. The van der Waals surface area contributed by atoms with E-state index in [0.29, 0.717) is 6.54 Å². The van der Waals surface area contributed by atoms with Crippen LogP contribution in [0.25, 0.3) is 0 Å². The van der Waals surface area contributed by atoms with Gasteiger partial charge in [-0.1, -0.05) is 31.4 Å². The summed E-state index contributed by atoms with van der Waals surface area (Å²) < 4.78 is 25.9. The zero-order chi connectivity index (χ0) is 15.3. The number of benzene rings is 1. The van der Waals surface area contributed by atoms with Gasteiger partial charge in [0, 0.05) is 25.7 Å². The van der Waals surface area contributed by atoms with E-state index in [2.05, 4.69) is 0 Å². The number of hydrogen-bond donors (Lipinski definition) is 0. The van der Waals surface area contributed by atoms with Gasteiger partial charge in [-0.25, -0.2) is 12.7 Å². The average Bonchev–Trinajstić information content (AvgIpc) is 2.38. The minimum absolute atomic E-state index is 0.0158. The van der Waals surface area contributed by atoms with E-state index in [-0.39, 0.29) is 15.6 Å². The van der Waals surface area contributed by atoms with Gasteiger partial charge in [0.15, 0.2) is 0 Å². The Hall–Kier alpha value is -1.18. The van der Waals surface area contributed by atoms with Crippen LogP contribution in [0.2, 0.25) is 5.02 Å². The number of unbranched alkanes of at least 4 members (excludes halogenated alkanes) is 2. The van der Waals surface area contributed by atoms with E-state index in [9.17, 15) is 18.5 Å². The summed E-state index contributed by atoms with van der Waals surface area (Å²) in [5, 5.41) is 10.7. The molecule has 8 heteroatoms. The van der Waals surface area contributed by atoms with Crippen LogP contribution in [0.4, 0.5) is 5.69 Å². The van der Waals surface area contributed by atoms with Gasteiger partial charge in [0.25, 0.3) is 5.69 Å². The molecule has 0 saturated carbocycles. The first-order valence-corrected chi connectivity index (χ1v) is 8.02. The van der Waals surface area contributed by atoms with Crippen LogP contribution in [0.5, 0.6) is 0 Å². The molecule has 1 aromatic rings. The molecular formula is C12H17ClN2O4S. The molecule has 0 bridgehead atoms. The molecule has 0 aromatic heterocycles. The van der Waals surface area contributed by atoms with Gasteiger partial charge in [0.05, 0.1) is 9.95 Å². The molecule has 0 aliphatic rings. The van der Waals surface area contributed by atoms with E-state index in [1.165, 1.54) is 23.5 Å². The lowest BCUT2D eigenvalue weighted by molar-refractivity contribution is -0.385. The Morgan fingerprint density at radius 2 is 2.00 bits per heavy atom. The Morgan fingerprint density at radius 3 is 2.55 bits per heavy atom. The maximum absolute atomic E-state index is 12.3. The molecule has 6 nitrogen and oxygen atoms in total. The molecule has 0 amide bonds. The van der Waals surface area contributed by atoms with Crippen molar-refractivity contribution in [2.75, 3.05) is 13.6 Å². The van der Waals surface area contributed by atoms with Gasteiger partial charge in [-0.05, 0) is 12.5 Å². The van der Waals surface area contributed by atoms with Gasteiger partial charge < -0.3 is 0 Å². The van der Waals surface area contributed by atoms with Crippen LogP contribution < -0.4 is 0 Å². The average molecular weight is 321 g/mol. The molecule has 0 spiro atoms. The van der Waals surface area contributed by atoms with Crippen molar-refractivity contribution in [3.8, 4) is 0 Å². The molecule has 1 rings (SSSR count). The van der Waals surface area contributed by atoms with E-state index in [4.69, 9.17) is 11.6 Å². The van der Waals surface area contributed by atoms with Gasteiger partial charge in [0.2, 0.25) is 10.0 Å². The molecule has 0 aliphatic carbocycles. The molecule has 1 aromatic carbocycles. The first-order valence-electron chi connectivity index (χ1n) is 6.21. The van der Waals surface area contributed by atoms with Crippen molar-refractivity contribution < 1.29 is 13.3 Å². The van der Waals surface area contributed by atoms with Gasteiger partial charge >= 0.3 is 0 Å². The Kier molecular flexibility index (Phi) is 5.91. The van der Waals surface area contributed by atoms with Crippen molar-refractivity contribution >= 4 is 27.3 Å². The number of non-ortho nitro benzene ring substituents is 1. The Bertz CT molecular complexity index is 589. The van der Waals surface area contributed by atoms with Crippen molar-refractivity contribution in [3.63, 3.8) is 0 Å². The Labute approximate surface area is 123 Å². The number of nitro benzene ring substituents is 1. The van der Waals surface area contributed by atoms with Crippen LogP contribution in [0.3, 0.4) is 0 Å². The molecule has 20 heavy (non-hydrogen) atoms. The number of halogens is 1. The van der Waals surface area contributed by atoms with E-state index in [1.54, 1.807) is 0 Å². The molecular weight excluding hydrogens is 304 g/mol. The van der Waals surface area contributed by atoms with Gasteiger partial charge in [-0.3, -0.25) is 10.1 Å². The van der Waals surface area contributed by atoms with Crippen LogP contribution in [0.1, 0.15) is 26.2 Å². The lowest BCUT2D eigenvalue weighted by atomic mass is 10.2. The van der Waals surface area contributed by atoms with Gasteiger partial charge in [-0.15, -0.1) is 0 Å². The zero-order valence-electron chi connectivity index (χ0n) is 11.4. The summed E-state index contributed by atoms with van der Waals surface area (Å²) in [6, 6.07) is 3.40. The maximum atomic E-state index is 12.3. The summed E-state index contributed by atoms with van der Waals surface area (Å²) in [4.78, 5) is 9.85. The fourth-order valence-electron chi connectivity index (χ4n) is 1.68. The van der Waals surface area contributed by atoms with Crippen LogP contribution in [-0.2, 0) is 10.0 Å². The molecule has 0 atom stereocenters. The normalized spacial score (nSPS) is 11.8. The number of nitro groups is 1. The molecule has 0 N–H and O–H groups in total. The van der Waals surface area contributed by atoms with Crippen LogP contribution in [0.15, 0.2) is 23.1 Å². The van der Waals surface area contributed by atoms with Crippen LogP contribution in [-0.4, -0.2) is 31.2 Å². The van der Waals surface area contributed by atoms with Crippen molar-refractivity contribution in [1.29, 1.82) is 0 Å². The van der Waals surface area contributed by atoms with Crippen molar-refractivity contribution in [2.24, 2.45) is 0 Å². The first kappa shape index (κ1) is 16.9. The molecule has 112 valence electrons. The number of nitrogens with zero attached hydrogens (tertiary/aromatic N) is 2. The lowest BCUT2D eigenvalue weighted by Crippen LogP contribution is -2.28. The van der Waals surface area contributed by atoms with Crippen LogP contribution >= 0.6 is 11.6 Å². The maximum Gasteiger partial charge on any atom is 0.270 e. The summed E-state index contributed by atoms with van der Waals surface area (Å²) in [5.74, 6) is 0. The summed E-state index contributed by atoms with van der Waals surface area (Å²) in [7, 11) is -2.36. The molecule has 0 unspecified atom stereocenters. The molecule has 0 fully saturated rings. The van der Waals surface area contributed by atoms with Crippen LogP contribution in [0, 0.1) is 10.1 Å². The third kappa shape index (κ3) is 3.91. The predicted octanol–water partition coefficient (Wildman–Crippen LogP) is 3.06. The van der Waals surface area contributed by atoms with E-state index in [1.807, 2.05) is 6.92 Å². The molecule has 0 radical (unpaired) electrons. The second-order valence-electron chi connectivity index (χ2n) is 4.41. The summed E-state index contributed by atoms with van der Waals surface area (Å²) in [6.07, 6.45) is 2.63. The third-order valence-electron chi connectivity index (χ3n) is 2.89. The minimum Gasteiger partial charge on any atom is -0.258 e. The second kappa shape index (κ2) is 7.01. The zero-order valence-corrected chi connectivity index (χ0v) is 12.9. The quantitative estimate of drug-likeness (QED) is 0.439. The minimum atomic E-state index is -3.81. The smallest absolute Gasteiger partial charge is 0.258 e. The van der Waals surface area contributed by atoms with Crippen molar-refractivity contribution in [2.45, 2.75) is 31.1 Å². The third-order valence-corrected chi connectivity index (χ3v) is 5.23. The second-order valence-corrected chi connectivity index (χ2v) is 6.83. The van der Waals surface area contributed by atoms with Gasteiger partial charge in [-0.2, -0.15) is 0 Å². The van der Waals surface area contributed by atoms with E-state index < -0.39 is 14.9 Å². The fourth-order valence-corrected chi connectivity index (χ4v) is 3.38. The highest BCUT2D eigenvalue weighted by molar-refractivity contribution is 7.89. The SMILES string of the molecule is CCCCCN(C)S(=O)(=O)c1cc([N+](=O)[O-])ccc1Cl. The number of hydrogen-bond acceptors (Lipinski definition) is 4. The van der Waals surface area contributed by atoms with Crippen molar-refractivity contribution in [1.82, 2.24) is 4.31 Å². The molecule has 0 aliphatic heterocycles. The largest absolute Gasteiger partial charge is 0.270 e. The highest BCUT2D eigenvalue weighted by Gasteiger charge is 2.25. The van der Waals surface area contributed by atoms with Gasteiger partial charge in [0.1, 0.15) is 4.90 Å². The standard InChI is InChI=1S/C12H17ClN2O4S/c1-3-4-5-8-14(2)20(18,19)12-9-10(15(16)17)6-7-11(12)13/h6-7,9H,3-5,8H2,1-2H3. The summed E-state index contributed by atoms with van der Waals surface area (Å²) in [6.45, 7) is 2.38. The van der Waals surface area contributed by atoms with Crippen molar-refractivity contribution in [3.05, 3.63) is 33.3 Å². The van der Waals surface area contributed by atoms with E-state index >= 15 is 0 Å². The first-order chi connectivity index (χ1) is 9.30. The Morgan fingerprint density at radius 1 is 1.35 bits per heavy atom. The fraction of sp³-hybridized carbons (Fsp3) is 0.500. The molecule has 0 heterocycles. The highest BCUT2D eigenvalue weighted by Crippen LogP contribution is 2.28. The lowest BCUT2D eigenvalue weighted by Gasteiger charge is -2.17. The van der Waals surface area contributed by atoms with E-state index in [0.717, 1.165) is 25.3 Å². The monoisotopic (exact) mass is 320 g/mol. The Balaban J connectivity index is 3.08. The topological polar surface area (TPSA) is 80.5 Å². The highest BCUT2D eigenvalue weighted by atomic mass is 35.5. The number of rotatable bonds is 7.